The van der Waals surface area contributed by atoms with Crippen molar-refractivity contribution in [2.45, 2.75) is 33.6 Å². The van der Waals surface area contributed by atoms with Gasteiger partial charge in [0.05, 0.1) is 6.61 Å². The summed E-state index contributed by atoms with van der Waals surface area (Å²) in [6.07, 6.45) is 6.15. The molecule has 1 saturated carbocycles. The summed E-state index contributed by atoms with van der Waals surface area (Å²) in [5, 5.41) is 0. The van der Waals surface area contributed by atoms with Crippen LogP contribution >= 0.6 is 0 Å². The highest BCUT2D eigenvalue weighted by Gasteiger charge is 2.44. The molecule has 84 valence electrons. The van der Waals surface area contributed by atoms with Gasteiger partial charge < -0.3 is 4.74 Å². The third kappa shape index (κ3) is 1.70. The Morgan fingerprint density at radius 1 is 1.40 bits per heavy atom. The number of allylic oxidation sites excluding steroid dienone is 1. The van der Waals surface area contributed by atoms with E-state index in [2.05, 4.69) is 26.8 Å². The molecule has 3 unspecified atom stereocenters. The lowest BCUT2D eigenvalue weighted by Gasteiger charge is -2.46. The Kier molecular flexibility index (Phi) is 2.61. The quantitative estimate of drug-likeness (QED) is 0.572. The second kappa shape index (κ2) is 3.66. The maximum absolute atomic E-state index is 11.2. The van der Waals surface area contributed by atoms with Crippen LogP contribution in [0, 0.1) is 23.2 Å². The normalized spacial score (nSPS) is 45.5. The second-order valence-electron chi connectivity index (χ2n) is 5.37. The van der Waals surface area contributed by atoms with E-state index in [1.165, 1.54) is 12.8 Å². The smallest absolute Gasteiger partial charge is 0.330 e. The molecule has 1 aliphatic heterocycles. The van der Waals surface area contributed by atoms with Crippen LogP contribution in [0.5, 0.6) is 0 Å². The van der Waals surface area contributed by atoms with Crippen molar-refractivity contribution in [2.75, 3.05) is 6.61 Å². The van der Waals surface area contributed by atoms with Crippen LogP contribution in [0.1, 0.15) is 33.6 Å². The molecule has 0 radical (unpaired) electrons. The Morgan fingerprint density at radius 3 is 2.87 bits per heavy atom. The molecule has 1 heterocycles. The van der Waals surface area contributed by atoms with Crippen molar-refractivity contribution >= 4 is 5.97 Å². The predicted octanol–water partition coefficient (Wildman–Crippen LogP) is 2.79. The van der Waals surface area contributed by atoms with E-state index in [0.29, 0.717) is 18.4 Å². The van der Waals surface area contributed by atoms with Crippen molar-refractivity contribution in [2.24, 2.45) is 23.2 Å². The van der Waals surface area contributed by atoms with Crippen molar-refractivity contribution in [3.05, 3.63) is 12.2 Å². The third-order valence-electron chi connectivity index (χ3n) is 4.69. The van der Waals surface area contributed by atoms with E-state index in [-0.39, 0.29) is 11.4 Å². The number of ether oxygens (including phenoxy) is 1. The zero-order valence-electron chi connectivity index (χ0n) is 9.82. The minimum atomic E-state index is -0.175. The number of fused-ring (bicyclic) bond motifs is 1. The van der Waals surface area contributed by atoms with Gasteiger partial charge in [-0.15, -0.1) is 0 Å². The lowest BCUT2D eigenvalue weighted by Crippen LogP contribution is -2.41. The van der Waals surface area contributed by atoms with Crippen molar-refractivity contribution in [1.82, 2.24) is 0 Å². The molecule has 1 aliphatic carbocycles. The van der Waals surface area contributed by atoms with E-state index in [0.717, 1.165) is 5.92 Å². The number of carbonyl (C=O) groups excluding carboxylic acids is 1. The van der Waals surface area contributed by atoms with Gasteiger partial charge in [0.1, 0.15) is 0 Å². The van der Waals surface area contributed by atoms with Gasteiger partial charge in [0, 0.05) is 12.0 Å². The Labute approximate surface area is 91.7 Å². The summed E-state index contributed by atoms with van der Waals surface area (Å²) in [6, 6.07) is 0. The van der Waals surface area contributed by atoms with Crippen molar-refractivity contribution < 1.29 is 9.53 Å². The van der Waals surface area contributed by atoms with Gasteiger partial charge in [0.15, 0.2) is 0 Å². The number of rotatable bonds is 0. The summed E-state index contributed by atoms with van der Waals surface area (Å²) in [4.78, 5) is 11.2. The summed E-state index contributed by atoms with van der Waals surface area (Å²) >= 11 is 0. The highest BCUT2D eigenvalue weighted by atomic mass is 16.5. The first-order valence-electron chi connectivity index (χ1n) is 5.90. The zero-order valence-corrected chi connectivity index (χ0v) is 9.82. The largest absolute Gasteiger partial charge is 0.462 e. The molecule has 1 fully saturated rings. The van der Waals surface area contributed by atoms with Crippen LogP contribution in [0.4, 0.5) is 0 Å². The number of hydrogen-bond acceptors (Lipinski definition) is 2. The summed E-state index contributed by atoms with van der Waals surface area (Å²) in [5.41, 5.74) is 0.143. The molecular formula is C13H20O2. The number of hydrogen-bond donors (Lipinski definition) is 0. The number of esters is 1. The van der Waals surface area contributed by atoms with Gasteiger partial charge in [0.2, 0.25) is 0 Å². The Morgan fingerprint density at radius 2 is 2.13 bits per heavy atom. The summed E-state index contributed by atoms with van der Waals surface area (Å²) in [5.74, 6) is 1.70. The van der Waals surface area contributed by atoms with E-state index in [1.54, 1.807) is 6.08 Å². The number of carbonyl (C=O) groups is 1. The lowest BCUT2D eigenvalue weighted by atomic mass is 9.58. The van der Waals surface area contributed by atoms with Crippen LogP contribution in [-0.2, 0) is 9.53 Å². The molecular weight excluding hydrogens is 188 g/mol. The van der Waals surface area contributed by atoms with Gasteiger partial charge in [-0.3, -0.25) is 0 Å². The summed E-state index contributed by atoms with van der Waals surface area (Å²) in [6.45, 7) is 7.49. The molecule has 0 N–H and O–H groups in total. The molecule has 2 aliphatic rings. The topological polar surface area (TPSA) is 26.3 Å². The molecule has 0 aromatic rings. The van der Waals surface area contributed by atoms with E-state index in [4.69, 9.17) is 4.74 Å². The molecule has 0 spiro atoms. The average molecular weight is 208 g/mol. The maximum atomic E-state index is 11.2. The first kappa shape index (κ1) is 10.7. The van der Waals surface area contributed by atoms with Gasteiger partial charge in [-0.25, -0.2) is 4.79 Å². The standard InChI is InChI=1S/C13H20O2/c1-9-4-5-11-8-15-12(14)6-7-13(11,3)10(9)2/h6-7,9-11H,4-5,8H2,1-3H3/t9?,10?,11?,13-/m1/s1. The monoisotopic (exact) mass is 208 g/mol. The maximum Gasteiger partial charge on any atom is 0.330 e. The SMILES string of the molecule is CC1CCC2COC(=O)C=C[C@]2(C)C1C. The van der Waals surface area contributed by atoms with E-state index < -0.39 is 0 Å². The summed E-state index contributed by atoms with van der Waals surface area (Å²) < 4.78 is 5.20. The van der Waals surface area contributed by atoms with Crippen molar-refractivity contribution in [3.8, 4) is 0 Å². The van der Waals surface area contributed by atoms with Crippen molar-refractivity contribution in [3.63, 3.8) is 0 Å². The second-order valence-corrected chi connectivity index (χ2v) is 5.37. The van der Waals surface area contributed by atoms with Crippen LogP contribution in [0.15, 0.2) is 12.2 Å². The Balaban J connectivity index is 2.30. The molecule has 0 saturated heterocycles. The molecule has 2 nitrogen and oxygen atoms in total. The van der Waals surface area contributed by atoms with E-state index in [9.17, 15) is 4.79 Å². The van der Waals surface area contributed by atoms with Gasteiger partial charge in [-0.2, -0.15) is 0 Å². The molecule has 2 rings (SSSR count). The molecule has 0 aromatic heterocycles. The lowest BCUT2D eigenvalue weighted by molar-refractivity contribution is -0.140. The van der Waals surface area contributed by atoms with E-state index in [1.807, 2.05) is 0 Å². The van der Waals surface area contributed by atoms with Crippen LogP contribution < -0.4 is 0 Å². The molecule has 15 heavy (non-hydrogen) atoms. The Hall–Kier alpha value is -0.790. The molecule has 0 bridgehead atoms. The fourth-order valence-electron chi connectivity index (χ4n) is 3.04. The van der Waals surface area contributed by atoms with Crippen LogP contribution in [0.2, 0.25) is 0 Å². The van der Waals surface area contributed by atoms with Gasteiger partial charge >= 0.3 is 5.97 Å². The van der Waals surface area contributed by atoms with Crippen LogP contribution in [-0.4, -0.2) is 12.6 Å². The highest BCUT2D eigenvalue weighted by Crippen LogP contribution is 2.49. The average Bonchev–Trinajstić information content (AvgIpc) is 2.36. The first-order chi connectivity index (χ1) is 7.04. The Bertz CT molecular complexity index is 295. The number of cyclic esters (lactones) is 1. The van der Waals surface area contributed by atoms with Gasteiger partial charge in [-0.05, 0) is 23.7 Å². The van der Waals surface area contributed by atoms with Gasteiger partial charge in [0.25, 0.3) is 0 Å². The predicted molar refractivity (Wildman–Crippen MR) is 59.3 cm³/mol. The van der Waals surface area contributed by atoms with Crippen LogP contribution in [0.25, 0.3) is 0 Å². The minimum absolute atomic E-state index is 0.143. The van der Waals surface area contributed by atoms with Crippen molar-refractivity contribution in [1.29, 1.82) is 0 Å². The highest BCUT2D eigenvalue weighted by molar-refractivity contribution is 5.82. The van der Waals surface area contributed by atoms with Crippen LogP contribution in [0.3, 0.4) is 0 Å². The molecule has 2 heteroatoms. The fraction of sp³-hybridized carbons (Fsp3) is 0.769. The van der Waals surface area contributed by atoms with Gasteiger partial charge in [-0.1, -0.05) is 33.3 Å². The summed E-state index contributed by atoms with van der Waals surface area (Å²) in [7, 11) is 0. The van der Waals surface area contributed by atoms with E-state index >= 15 is 0 Å². The molecule has 0 amide bonds. The zero-order chi connectivity index (χ0) is 11.1. The first-order valence-corrected chi connectivity index (χ1v) is 5.90. The molecule has 0 aromatic carbocycles. The molecule has 4 atom stereocenters. The third-order valence-corrected chi connectivity index (χ3v) is 4.69. The minimum Gasteiger partial charge on any atom is -0.462 e. The fourth-order valence-corrected chi connectivity index (χ4v) is 3.04.